The summed E-state index contributed by atoms with van der Waals surface area (Å²) in [5.74, 6) is 4.47. The van der Waals surface area contributed by atoms with Crippen molar-refractivity contribution >= 4 is 0 Å². The van der Waals surface area contributed by atoms with Gasteiger partial charge in [0.2, 0.25) is 0 Å². The highest BCUT2D eigenvalue weighted by Crippen LogP contribution is 2.77. The van der Waals surface area contributed by atoms with E-state index in [0.29, 0.717) is 27.1 Å². The molecule has 0 amide bonds. The Bertz CT molecular complexity index is 960. The van der Waals surface area contributed by atoms with Gasteiger partial charge < -0.3 is 4.48 Å². The lowest BCUT2D eigenvalue weighted by molar-refractivity contribution is -0.937. The van der Waals surface area contributed by atoms with Crippen molar-refractivity contribution in [3.63, 3.8) is 0 Å². The van der Waals surface area contributed by atoms with Crippen LogP contribution in [-0.4, -0.2) is 55.2 Å². The molecule has 2 bridgehead atoms. The van der Waals surface area contributed by atoms with Crippen molar-refractivity contribution < 1.29 is 4.48 Å². The smallest absolute Gasteiger partial charge is 0.100 e. The third-order valence-corrected chi connectivity index (χ3v) is 16.3. The Morgan fingerprint density at radius 3 is 2.16 bits per heavy atom. The topological polar surface area (TPSA) is 3.24 Å². The molecular formula is C36H61N2+. The van der Waals surface area contributed by atoms with E-state index in [-0.39, 0.29) is 0 Å². The number of quaternary nitrogens is 1. The Hall–Kier alpha value is -0.340. The van der Waals surface area contributed by atoms with Gasteiger partial charge >= 0.3 is 0 Å². The summed E-state index contributed by atoms with van der Waals surface area (Å²) in [5.41, 5.74) is 4.38. The third kappa shape index (κ3) is 3.44. The lowest BCUT2D eigenvalue weighted by Crippen LogP contribution is -2.68. The Labute approximate surface area is 236 Å². The number of rotatable bonds is 3. The zero-order valence-electron chi connectivity index (χ0n) is 26.2. The van der Waals surface area contributed by atoms with Crippen LogP contribution in [0.1, 0.15) is 112 Å². The molecule has 2 nitrogen and oxygen atoms in total. The average Bonchev–Trinajstić information content (AvgIpc) is 3.22. The molecule has 0 aromatic carbocycles. The Balaban J connectivity index is 1.19. The highest BCUT2D eigenvalue weighted by Gasteiger charge is 2.69. The monoisotopic (exact) mass is 521 g/mol. The maximum atomic E-state index is 4.97. The van der Waals surface area contributed by atoms with Crippen LogP contribution in [0.2, 0.25) is 0 Å². The summed E-state index contributed by atoms with van der Waals surface area (Å²) in [6.45, 7) is 30.8. The van der Waals surface area contributed by atoms with E-state index in [0.717, 1.165) is 29.6 Å². The number of hydrogen-bond donors (Lipinski definition) is 0. The highest BCUT2D eigenvalue weighted by atomic mass is 15.5. The average molecular weight is 522 g/mol. The van der Waals surface area contributed by atoms with Crippen LogP contribution in [-0.2, 0) is 0 Å². The number of fused-ring (bicyclic) bond motifs is 10. The molecular weight excluding hydrogens is 460 g/mol. The lowest BCUT2D eigenvalue weighted by atomic mass is 9.32. The maximum Gasteiger partial charge on any atom is 0.100 e. The second kappa shape index (κ2) is 8.36. The predicted molar refractivity (Wildman–Crippen MR) is 160 cm³/mol. The number of hydrogen-bond acceptors (Lipinski definition) is 1. The highest BCUT2D eigenvalue weighted by molar-refractivity contribution is 5.21. The number of piperazine rings is 3. The first kappa shape index (κ1) is 26.6. The minimum Gasteiger partial charge on any atom is -0.317 e. The normalized spacial score (nSPS) is 56.9. The number of nitrogens with zero attached hydrogens (tertiary/aromatic N) is 2. The Morgan fingerprint density at radius 2 is 1.45 bits per heavy atom. The second-order valence-electron chi connectivity index (χ2n) is 18.0. The fourth-order valence-corrected chi connectivity index (χ4v) is 14.0. The van der Waals surface area contributed by atoms with Crippen LogP contribution in [0.25, 0.3) is 0 Å². The molecule has 214 valence electrons. The first-order chi connectivity index (χ1) is 17.9. The summed E-state index contributed by atoms with van der Waals surface area (Å²) in [6, 6.07) is 0. The first-order valence-corrected chi connectivity index (χ1v) is 17.1. The molecule has 0 aromatic rings. The van der Waals surface area contributed by atoms with Crippen LogP contribution in [0.4, 0.5) is 0 Å². The van der Waals surface area contributed by atoms with Crippen LogP contribution in [0.15, 0.2) is 12.2 Å². The molecule has 5 aliphatic carbocycles. The minimum absolute atomic E-state index is 0.516. The first-order valence-electron chi connectivity index (χ1n) is 17.1. The van der Waals surface area contributed by atoms with Gasteiger partial charge in [-0.15, -0.1) is 0 Å². The van der Waals surface area contributed by atoms with Crippen molar-refractivity contribution in [2.45, 2.75) is 112 Å². The molecule has 8 aliphatic rings. The molecule has 5 saturated carbocycles. The van der Waals surface area contributed by atoms with E-state index in [1.54, 1.807) is 5.57 Å². The van der Waals surface area contributed by atoms with Crippen molar-refractivity contribution in [1.29, 1.82) is 0 Å². The SMILES string of the molecule is C=C(C[N+]12CCN(CC1)CC2)[C@@H]1CC[C@]2(C)CC[C@]3(C)[C@H](CCC4[C@@]5(C)CCCC(C)(C)[C@@H]5CC[C@]43C)[C@@H]12. The summed E-state index contributed by atoms with van der Waals surface area (Å²) in [4.78, 5) is 2.70. The van der Waals surface area contributed by atoms with E-state index in [1.807, 2.05) is 0 Å². The van der Waals surface area contributed by atoms with E-state index in [2.05, 4.69) is 46.4 Å². The fraction of sp³-hybridized carbons (Fsp3) is 0.944. The largest absolute Gasteiger partial charge is 0.317 e. The third-order valence-electron chi connectivity index (χ3n) is 16.3. The molecule has 38 heavy (non-hydrogen) atoms. The van der Waals surface area contributed by atoms with Gasteiger partial charge in [-0.25, -0.2) is 0 Å². The molecule has 0 spiro atoms. The minimum atomic E-state index is 0.516. The van der Waals surface area contributed by atoms with Crippen LogP contribution in [0, 0.1) is 56.7 Å². The van der Waals surface area contributed by atoms with Gasteiger partial charge in [0, 0.05) is 19.6 Å². The van der Waals surface area contributed by atoms with E-state index >= 15 is 0 Å². The summed E-state index contributed by atoms with van der Waals surface area (Å²) in [5, 5.41) is 0. The van der Waals surface area contributed by atoms with Gasteiger partial charge in [-0.1, -0.05) is 54.5 Å². The quantitative estimate of drug-likeness (QED) is 0.267. The van der Waals surface area contributed by atoms with Gasteiger partial charge in [0.1, 0.15) is 6.54 Å². The zero-order chi connectivity index (χ0) is 26.8. The maximum absolute atomic E-state index is 4.97. The van der Waals surface area contributed by atoms with E-state index in [1.165, 1.54) is 121 Å². The Kier molecular flexibility index (Phi) is 5.84. The van der Waals surface area contributed by atoms with Crippen molar-refractivity contribution in [2.24, 2.45) is 56.7 Å². The van der Waals surface area contributed by atoms with Crippen molar-refractivity contribution in [3.8, 4) is 0 Å². The van der Waals surface area contributed by atoms with Crippen LogP contribution >= 0.6 is 0 Å². The molecule has 8 rings (SSSR count). The van der Waals surface area contributed by atoms with Crippen LogP contribution < -0.4 is 0 Å². The summed E-state index contributed by atoms with van der Waals surface area (Å²) in [7, 11) is 0. The molecule has 3 heterocycles. The molecule has 8 fully saturated rings. The van der Waals surface area contributed by atoms with Gasteiger partial charge in [0.25, 0.3) is 0 Å². The summed E-state index contributed by atoms with van der Waals surface area (Å²) in [6.07, 6.45) is 16.3. The van der Waals surface area contributed by atoms with Crippen molar-refractivity contribution in [1.82, 2.24) is 4.90 Å². The van der Waals surface area contributed by atoms with E-state index < -0.39 is 0 Å². The fourth-order valence-electron chi connectivity index (χ4n) is 14.0. The second-order valence-corrected chi connectivity index (χ2v) is 18.0. The predicted octanol–water partition coefficient (Wildman–Crippen LogP) is 8.18. The molecule has 9 atom stereocenters. The van der Waals surface area contributed by atoms with Crippen molar-refractivity contribution in [3.05, 3.63) is 12.2 Å². The van der Waals surface area contributed by atoms with Crippen LogP contribution in [0.5, 0.6) is 0 Å². The summed E-state index contributed by atoms with van der Waals surface area (Å²) < 4.78 is 1.37. The van der Waals surface area contributed by atoms with Gasteiger partial charge in [-0.05, 0) is 126 Å². The van der Waals surface area contributed by atoms with E-state index in [9.17, 15) is 0 Å². The van der Waals surface area contributed by atoms with E-state index in [4.69, 9.17) is 6.58 Å². The Morgan fingerprint density at radius 1 is 0.737 bits per heavy atom. The van der Waals surface area contributed by atoms with Gasteiger partial charge in [0.05, 0.1) is 19.6 Å². The van der Waals surface area contributed by atoms with Gasteiger partial charge in [-0.2, -0.15) is 0 Å². The molecule has 0 N–H and O–H groups in total. The molecule has 3 aliphatic heterocycles. The molecule has 2 heteroatoms. The molecule has 3 saturated heterocycles. The van der Waals surface area contributed by atoms with Gasteiger partial charge in [0.15, 0.2) is 0 Å². The zero-order valence-corrected chi connectivity index (χ0v) is 26.2. The van der Waals surface area contributed by atoms with Crippen molar-refractivity contribution in [2.75, 3.05) is 45.8 Å². The standard InChI is InChI=1S/C36H61N2/c1-26(25-38-22-19-37(20-23-38)21-24-38)27-11-15-33(4)17-18-35(6)28(31(27)33)9-10-30-34(5)14-8-13-32(2,3)29(34)12-16-36(30,35)7/h27-31H,1,8-25H2,2-7H3/q+1/t27-,28+,29-,30?,31+,33+,34-,35+,36+/m0/s1. The summed E-state index contributed by atoms with van der Waals surface area (Å²) >= 11 is 0. The van der Waals surface area contributed by atoms with Gasteiger partial charge in [-0.3, -0.25) is 4.90 Å². The van der Waals surface area contributed by atoms with Crippen LogP contribution in [0.3, 0.4) is 0 Å². The molecule has 0 radical (unpaired) electrons. The molecule has 0 aromatic heterocycles. The lowest BCUT2D eigenvalue weighted by Gasteiger charge is -2.72. The molecule has 1 unspecified atom stereocenters.